The van der Waals surface area contributed by atoms with Gasteiger partial charge in [0.25, 0.3) is 5.91 Å². The van der Waals surface area contributed by atoms with Gasteiger partial charge < -0.3 is 5.32 Å². The van der Waals surface area contributed by atoms with Gasteiger partial charge in [-0.15, -0.1) is 0 Å². The summed E-state index contributed by atoms with van der Waals surface area (Å²) in [5.74, 6) is -0.0639. The highest BCUT2D eigenvalue weighted by molar-refractivity contribution is 6.03. The first-order valence-electron chi connectivity index (χ1n) is 8.12. The van der Waals surface area contributed by atoms with E-state index < -0.39 is 0 Å². The van der Waals surface area contributed by atoms with Crippen LogP contribution in [0.1, 0.15) is 29.9 Å². The van der Waals surface area contributed by atoms with E-state index in [0.29, 0.717) is 12.2 Å². The minimum atomic E-state index is -0.0639. The number of carbonyl (C=O) groups is 1. The summed E-state index contributed by atoms with van der Waals surface area (Å²) in [5, 5.41) is 7.81. The van der Waals surface area contributed by atoms with Crippen LogP contribution in [0.4, 0.5) is 0 Å². The van der Waals surface area contributed by atoms with Gasteiger partial charge >= 0.3 is 0 Å². The molecule has 0 saturated carbocycles. The fourth-order valence-electron chi connectivity index (χ4n) is 3.16. The van der Waals surface area contributed by atoms with Gasteiger partial charge in [0.15, 0.2) is 0 Å². The van der Waals surface area contributed by atoms with Crippen LogP contribution in [0.25, 0.3) is 22.4 Å². The van der Waals surface area contributed by atoms with E-state index in [4.69, 9.17) is 5.10 Å². The normalized spacial score (nSPS) is 17.0. The molecular formula is C19H18N4O. The molecule has 5 heteroatoms. The molecule has 1 atom stereocenters. The fraction of sp³-hybridized carbons (Fsp3) is 0.211. The van der Waals surface area contributed by atoms with Crippen LogP contribution in [0.3, 0.4) is 0 Å². The summed E-state index contributed by atoms with van der Waals surface area (Å²) in [5.41, 5.74) is 4.30. The van der Waals surface area contributed by atoms with Crippen molar-refractivity contribution in [2.75, 3.05) is 6.54 Å². The van der Waals surface area contributed by atoms with Crippen molar-refractivity contribution in [3.05, 3.63) is 60.6 Å². The predicted octanol–water partition coefficient (Wildman–Crippen LogP) is 3.31. The number of fused-ring (bicyclic) bond motifs is 1. The molecule has 0 bridgehead atoms. The third-order valence-corrected chi connectivity index (χ3v) is 4.41. The smallest absolute Gasteiger partial charge is 0.270 e. The molecule has 4 rings (SSSR count). The van der Waals surface area contributed by atoms with E-state index in [0.717, 1.165) is 28.8 Å². The summed E-state index contributed by atoms with van der Waals surface area (Å²) in [7, 11) is 0. The van der Waals surface area contributed by atoms with Gasteiger partial charge in [0.2, 0.25) is 0 Å². The molecule has 120 valence electrons. The van der Waals surface area contributed by atoms with Crippen molar-refractivity contribution in [2.24, 2.45) is 0 Å². The highest BCUT2D eigenvalue weighted by Crippen LogP contribution is 2.36. The van der Waals surface area contributed by atoms with Crippen LogP contribution in [0, 0.1) is 0 Å². The molecule has 1 unspecified atom stereocenters. The van der Waals surface area contributed by atoms with Crippen molar-refractivity contribution in [1.82, 2.24) is 20.1 Å². The molecule has 0 radical (unpaired) electrons. The lowest BCUT2D eigenvalue weighted by atomic mass is 9.99. The number of nitrogens with one attached hydrogen (secondary N) is 1. The predicted molar refractivity (Wildman–Crippen MR) is 92.6 cm³/mol. The maximum Gasteiger partial charge on any atom is 0.270 e. The average molecular weight is 318 g/mol. The Kier molecular flexibility index (Phi) is 3.61. The Labute approximate surface area is 140 Å². The molecule has 5 nitrogen and oxygen atoms in total. The summed E-state index contributed by atoms with van der Waals surface area (Å²) in [6.07, 6.45) is 4.36. The maximum absolute atomic E-state index is 12.7. The highest BCUT2D eigenvalue weighted by Gasteiger charge is 2.29. The van der Waals surface area contributed by atoms with E-state index in [1.165, 1.54) is 0 Å². The van der Waals surface area contributed by atoms with Crippen LogP contribution in [0.15, 0.2) is 54.9 Å². The third-order valence-electron chi connectivity index (χ3n) is 4.41. The second kappa shape index (κ2) is 5.92. The van der Waals surface area contributed by atoms with Crippen LogP contribution >= 0.6 is 0 Å². The second-order valence-electron chi connectivity index (χ2n) is 6.01. The van der Waals surface area contributed by atoms with Gasteiger partial charge in [-0.05, 0) is 31.0 Å². The molecule has 0 saturated heterocycles. The number of hydrogen-bond donors (Lipinski definition) is 1. The Bertz CT molecular complexity index is 871. The molecular weight excluding hydrogens is 300 g/mol. The first kappa shape index (κ1) is 14.6. The Morgan fingerprint density at radius 3 is 2.58 bits per heavy atom. The number of hydrogen-bond acceptors (Lipinski definition) is 3. The molecule has 1 amide bonds. The van der Waals surface area contributed by atoms with Gasteiger partial charge in [0, 0.05) is 30.1 Å². The van der Waals surface area contributed by atoms with Gasteiger partial charge in [0.1, 0.15) is 11.4 Å². The molecule has 3 heterocycles. The molecule has 0 aliphatic carbocycles. The monoisotopic (exact) mass is 318 g/mol. The lowest BCUT2D eigenvalue weighted by Crippen LogP contribution is -2.23. The molecule has 1 aromatic carbocycles. The zero-order chi connectivity index (χ0) is 16.5. The molecule has 1 aliphatic heterocycles. The van der Waals surface area contributed by atoms with E-state index >= 15 is 0 Å². The number of carbonyl (C=O) groups excluding carboxylic acids is 1. The summed E-state index contributed by atoms with van der Waals surface area (Å²) >= 11 is 0. The first-order valence-corrected chi connectivity index (χ1v) is 8.12. The average Bonchev–Trinajstić information content (AvgIpc) is 2.98. The van der Waals surface area contributed by atoms with E-state index in [9.17, 15) is 4.79 Å². The number of pyridine rings is 1. The zero-order valence-electron chi connectivity index (χ0n) is 13.4. The summed E-state index contributed by atoms with van der Waals surface area (Å²) in [6, 6.07) is 14.0. The molecule has 1 N–H and O–H groups in total. The Morgan fingerprint density at radius 1 is 1.08 bits per heavy atom. The number of benzene rings is 1. The van der Waals surface area contributed by atoms with Crippen LogP contribution in [-0.2, 0) is 0 Å². The van der Waals surface area contributed by atoms with E-state index in [-0.39, 0.29) is 11.9 Å². The minimum absolute atomic E-state index is 0.0639. The third kappa shape index (κ3) is 2.38. The van der Waals surface area contributed by atoms with Gasteiger partial charge in [-0.1, -0.05) is 30.3 Å². The SMILES string of the molecule is CC1CCNC(=O)c2c(-c3ccccc3)c(-c3ccncc3)nn21. The minimum Gasteiger partial charge on any atom is -0.351 e. The number of amides is 1. The highest BCUT2D eigenvalue weighted by atomic mass is 16.2. The molecule has 3 aromatic rings. The Morgan fingerprint density at radius 2 is 1.83 bits per heavy atom. The molecule has 0 spiro atoms. The van der Waals surface area contributed by atoms with Crippen molar-refractivity contribution in [1.29, 1.82) is 0 Å². The van der Waals surface area contributed by atoms with Crippen LogP contribution in [0.2, 0.25) is 0 Å². The number of aromatic nitrogens is 3. The van der Waals surface area contributed by atoms with E-state index in [2.05, 4.69) is 17.2 Å². The molecule has 0 fully saturated rings. The Hall–Kier alpha value is -2.95. The Balaban J connectivity index is 2.03. The van der Waals surface area contributed by atoms with E-state index in [1.54, 1.807) is 12.4 Å². The summed E-state index contributed by atoms with van der Waals surface area (Å²) < 4.78 is 1.88. The zero-order valence-corrected chi connectivity index (χ0v) is 13.4. The van der Waals surface area contributed by atoms with Crippen molar-refractivity contribution < 1.29 is 4.79 Å². The maximum atomic E-state index is 12.7. The van der Waals surface area contributed by atoms with E-state index in [1.807, 2.05) is 47.1 Å². The van der Waals surface area contributed by atoms with Gasteiger partial charge in [-0.2, -0.15) is 5.10 Å². The quantitative estimate of drug-likeness (QED) is 0.788. The van der Waals surface area contributed by atoms with Gasteiger partial charge in [-0.3, -0.25) is 14.5 Å². The first-order chi connectivity index (χ1) is 11.8. The fourth-order valence-corrected chi connectivity index (χ4v) is 3.16. The lowest BCUT2D eigenvalue weighted by Gasteiger charge is -2.10. The standard InChI is InChI=1S/C19H18N4O/c1-13-7-12-21-19(24)18-16(14-5-3-2-4-6-14)17(22-23(13)18)15-8-10-20-11-9-15/h2-6,8-11,13H,7,12H2,1H3,(H,21,24). The van der Waals surface area contributed by atoms with Crippen LogP contribution in [-0.4, -0.2) is 27.2 Å². The number of nitrogens with zero attached hydrogens (tertiary/aromatic N) is 3. The topological polar surface area (TPSA) is 59.8 Å². The van der Waals surface area contributed by atoms with Crippen molar-refractivity contribution in [3.8, 4) is 22.4 Å². The largest absolute Gasteiger partial charge is 0.351 e. The van der Waals surface area contributed by atoms with Gasteiger partial charge in [-0.25, -0.2) is 0 Å². The van der Waals surface area contributed by atoms with Crippen molar-refractivity contribution in [3.63, 3.8) is 0 Å². The van der Waals surface area contributed by atoms with Crippen LogP contribution < -0.4 is 5.32 Å². The lowest BCUT2D eigenvalue weighted by molar-refractivity contribution is 0.0951. The summed E-state index contributed by atoms with van der Waals surface area (Å²) in [4.78, 5) is 16.8. The molecule has 2 aromatic heterocycles. The van der Waals surface area contributed by atoms with Crippen molar-refractivity contribution >= 4 is 5.91 Å². The second-order valence-corrected chi connectivity index (χ2v) is 6.01. The number of rotatable bonds is 2. The molecule has 1 aliphatic rings. The molecule has 24 heavy (non-hydrogen) atoms. The van der Waals surface area contributed by atoms with Crippen LogP contribution in [0.5, 0.6) is 0 Å². The summed E-state index contributed by atoms with van der Waals surface area (Å²) in [6.45, 7) is 2.77. The van der Waals surface area contributed by atoms with Crippen molar-refractivity contribution in [2.45, 2.75) is 19.4 Å². The van der Waals surface area contributed by atoms with Gasteiger partial charge in [0.05, 0.1) is 6.04 Å².